The predicted molar refractivity (Wildman–Crippen MR) is 110 cm³/mol. The van der Waals surface area contributed by atoms with Crippen LogP contribution in [0.5, 0.6) is 0 Å². The lowest BCUT2D eigenvalue weighted by Crippen LogP contribution is -2.45. The number of amides is 1. The first kappa shape index (κ1) is 19.8. The molecule has 0 atom stereocenters. The molecule has 1 aliphatic heterocycles. The van der Waals surface area contributed by atoms with Crippen molar-refractivity contribution in [2.24, 2.45) is 0 Å². The maximum atomic E-state index is 13.2. The van der Waals surface area contributed by atoms with Crippen LogP contribution in [0.25, 0.3) is 11.4 Å². The van der Waals surface area contributed by atoms with E-state index >= 15 is 0 Å². The van der Waals surface area contributed by atoms with E-state index in [0.29, 0.717) is 30.2 Å². The minimum atomic E-state index is -0.576. The number of fused-ring (bicyclic) bond motifs is 1. The van der Waals surface area contributed by atoms with Gasteiger partial charge in [-0.25, -0.2) is 4.79 Å². The van der Waals surface area contributed by atoms with Crippen molar-refractivity contribution in [2.75, 3.05) is 5.32 Å². The summed E-state index contributed by atoms with van der Waals surface area (Å²) >= 11 is 0. The number of para-hydroxylation sites is 1. The van der Waals surface area contributed by atoms with Gasteiger partial charge in [-0.05, 0) is 37.3 Å². The second-order valence-electron chi connectivity index (χ2n) is 7.30. The highest BCUT2D eigenvalue weighted by molar-refractivity contribution is 5.91. The summed E-state index contributed by atoms with van der Waals surface area (Å²) in [5.74, 6) is 0.0287. The largest absolute Gasteiger partial charge is 0.339 e. The molecule has 9 heteroatoms. The van der Waals surface area contributed by atoms with Gasteiger partial charge in [0.15, 0.2) is 0 Å². The molecule has 0 unspecified atom stereocenters. The number of rotatable bonds is 5. The number of aryl methyl sites for hydroxylation is 2. The summed E-state index contributed by atoms with van der Waals surface area (Å²) in [5.41, 5.74) is 1.41. The maximum Gasteiger partial charge on any atom is 0.331 e. The molecule has 1 amide bonds. The van der Waals surface area contributed by atoms with Crippen LogP contribution < -0.4 is 16.6 Å². The average Bonchev–Trinajstić information content (AvgIpc) is 3.17. The summed E-state index contributed by atoms with van der Waals surface area (Å²) in [5, 5.41) is 6.69. The van der Waals surface area contributed by atoms with Crippen molar-refractivity contribution < 1.29 is 9.32 Å². The molecular weight excluding hydrogens is 386 g/mol. The Balaban J connectivity index is 1.76. The molecule has 0 aliphatic carbocycles. The SMILES string of the molecule is CCc1ccccc1NC(=O)Cn1c(=O)c(-c2noc(C)n2)c2n(c1=O)CCCC2. The Labute approximate surface area is 172 Å². The Morgan fingerprint density at radius 3 is 2.77 bits per heavy atom. The van der Waals surface area contributed by atoms with Crippen LogP contribution in [0.3, 0.4) is 0 Å². The van der Waals surface area contributed by atoms with Crippen molar-refractivity contribution in [3.05, 3.63) is 62.3 Å². The molecule has 1 aromatic carbocycles. The van der Waals surface area contributed by atoms with Crippen molar-refractivity contribution in [1.29, 1.82) is 0 Å². The van der Waals surface area contributed by atoms with Crippen LogP contribution in [0.15, 0.2) is 38.4 Å². The van der Waals surface area contributed by atoms with Gasteiger partial charge >= 0.3 is 5.69 Å². The fraction of sp³-hybridized carbons (Fsp3) is 0.381. The second-order valence-corrected chi connectivity index (χ2v) is 7.30. The van der Waals surface area contributed by atoms with E-state index in [1.165, 1.54) is 0 Å². The van der Waals surface area contributed by atoms with E-state index < -0.39 is 17.2 Å². The molecule has 2 aromatic heterocycles. The number of carbonyl (C=O) groups is 1. The number of carbonyl (C=O) groups excluding carboxylic acids is 1. The number of aromatic nitrogens is 4. The van der Waals surface area contributed by atoms with Gasteiger partial charge in [-0.15, -0.1) is 0 Å². The monoisotopic (exact) mass is 409 g/mol. The quantitative estimate of drug-likeness (QED) is 0.689. The summed E-state index contributed by atoms with van der Waals surface area (Å²) in [4.78, 5) is 43.1. The summed E-state index contributed by atoms with van der Waals surface area (Å²) in [7, 11) is 0. The van der Waals surface area contributed by atoms with E-state index in [-0.39, 0.29) is 17.9 Å². The molecule has 0 radical (unpaired) electrons. The Hall–Kier alpha value is -3.49. The minimum Gasteiger partial charge on any atom is -0.339 e. The lowest BCUT2D eigenvalue weighted by Gasteiger charge is -2.21. The maximum absolute atomic E-state index is 13.2. The average molecular weight is 409 g/mol. The Morgan fingerprint density at radius 1 is 1.23 bits per heavy atom. The van der Waals surface area contributed by atoms with Crippen molar-refractivity contribution in [1.82, 2.24) is 19.3 Å². The summed E-state index contributed by atoms with van der Waals surface area (Å²) < 4.78 is 7.56. The molecule has 0 bridgehead atoms. The van der Waals surface area contributed by atoms with Crippen molar-refractivity contribution in [2.45, 2.75) is 52.6 Å². The van der Waals surface area contributed by atoms with E-state index in [2.05, 4.69) is 15.5 Å². The lowest BCUT2D eigenvalue weighted by molar-refractivity contribution is -0.116. The van der Waals surface area contributed by atoms with Crippen molar-refractivity contribution >= 4 is 11.6 Å². The van der Waals surface area contributed by atoms with Crippen LogP contribution in [-0.4, -0.2) is 25.2 Å². The van der Waals surface area contributed by atoms with E-state index in [1.807, 2.05) is 25.1 Å². The summed E-state index contributed by atoms with van der Waals surface area (Å²) in [6, 6.07) is 7.44. The van der Waals surface area contributed by atoms with Gasteiger partial charge in [0, 0.05) is 24.8 Å². The molecule has 0 spiro atoms. The number of hydrogen-bond acceptors (Lipinski definition) is 6. The van der Waals surface area contributed by atoms with Crippen LogP contribution in [0, 0.1) is 6.92 Å². The highest BCUT2D eigenvalue weighted by Gasteiger charge is 2.26. The first-order valence-corrected chi connectivity index (χ1v) is 10.0. The Morgan fingerprint density at radius 2 is 2.03 bits per heavy atom. The molecule has 30 heavy (non-hydrogen) atoms. The van der Waals surface area contributed by atoms with Gasteiger partial charge in [0.05, 0.1) is 0 Å². The van der Waals surface area contributed by atoms with Gasteiger partial charge in [0.1, 0.15) is 12.1 Å². The highest BCUT2D eigenvalue weighted by atomic mass is 16.5. The number of anilines is 1. The zero-order valence-corrected chi connectivity index (χ0v) is 17.0. The number of nitrogens with one attached hydrogen (secondary N) is 1. The molecule has 4 rings (SSSR count). The lowest BCUT2D eigenvalue weighted by atomic mass is 10.0. The molecule has 0 fully saturated rings. The fourth-order valence-electron chi connectivity index (χ4n) is 3.84. The minimum absolute atomic E-state index is 0.147. The standard InChI is InChI=1S/C21H23N5O4/c1-3-14-8-4-5-9-15(14)23-17(27)12-26-20(28)18(19-22-13(2)30-24-19)16-10-6-7-11-25(16)21(26)29/h4-5,8-9H,3,6-7,10-12H2,1-2H3,(H,23,27). The van der Waals surface area contributed by atoms with Gasteiger partial charge in [-0.2, -0.15) is 4.98 Å². The van der Waals surface area contributed by atoms with Crippen molar-refractivity contribution in [3.8, 4) is 11.4 Å². The highest BCUT2D eigenvalue weighted by Crippen LogP contribution is 2.21. The smallest absolute Gasteiger partial charge is 0.331 e. The third kappa shape index (κ3) is 3.58. The fourth-order valence-corrected chi connectivity index (χ4v) is 3.84. The van der Waals surface area contributed by atoms with E-state index in [9.17, 15) is 14.4 Å². The molecule has 1 N–H and O–H groups in total. The molecule has 3 aromatic rings. The molecule has 156 valence electrons. The normalized spacial score (nSPS) is 13.1. The molecule has 1 aliphatic rings. The van der Waals surface area contributed by atoms with Gasteiger partial charge in [-0.3, -0.25) is 18.7 Å². The second kappa shape index (κ2) is 8.10. The third-order valence-electron chi connectivity index (χ3n) is 5.31. The van der Waals surface area contributed by atoms with Crippen LogP contribution >= 0.6 is 0 Å². The van der Waals surface area contributed by atoms with Crippen LogP contribution in [0.4, 0.5) is 5.69 Å². The van der Waals surface area contributed by atoms with Crippen LogP contribution in [0.2, 0.25) is 0 Å². The number of hydrogen-bond donors (Lipinski definition) is 1. The molecule has 9 nitrogen and oxygen atoms in total. The molecule has 0 saturated carbocycles. The zero-order valence-electron chi connectivity index (χ0n) is 17.0. The van der Waals surface area contributed by atoms with Gasteiger partial charge in [0.25, 0.3) is 5.56 Å². The molecule has 0 saturated heterocycles. The van der Waals surface area contributed by atoms with Crippen LogP contribution in [0.1, 0.15) is 36.9 Å². The Kier molecular flexibility index (Phi) is 5.35. The number of nitrogens with zero attached hydrogens (tertiary/aromatic N) is 4. The number of benzene rings is 1. The third-order valence-corrected chi connectivity index (χ3v) is 5.31. The first-order chi connectivity index (χ1) is 14.5. The summed E-state index contributed by atoms with van der Waals surface area (Å²) in [6.07, 6.45) is 3.01. The zero-order chi connectivity index (χ0) is 21.3. The van der Waals surface area contributed by atoms with Gasteiger partial charge in [-0.1, -0.05) is 30.3 Å². The van der Waals surface area contributed by atoms with Crippen molar-refractivity contribution in [3.63, 3.8) is 0 Å². The van der Waals surface area contributed by atoms with E-state index in [4.69, 9.17) is 4.52 Å². The van der Waals surface area contributed by atoms with Gasteiger partial charge < -0.3 is 9.84 Å². The van der Waals surface area contributed by atoms with Gasteiger partial charge in [0.2, 0.25) is 17.6 Å². The van der Waals surface area contributed by atoms with Crippen LogP contribution in [-0.2, 0) is 30.7 Å². The first-order valence-electron chi connectivity index (χ1n) is 10.0. The predicted octanol–water partition coefficient (Wildman–Crippen LogP) is 1.91. The summed E-state index contributed by atoms with van der Waals surface area (Å²) in [6.45, 7) is 3.72. The topological polar surface area (TPSA) is 112 Å². The Bertz CT molecular complexity index is 1220. The molecular formula is C21H23N5O4. The van der Waals surface area contributed by atoms with E-state index in [0.717, 1.165) is 29.4 Å². The molecule has 3 heterocycles. The van der Waals surface area contributed by atoms with E-state index in [1.54, 1.807) is 17.6 Å².